The van der Waals surface area contributed by atoms with Crippen LogP contribution < -0.4 is 0 Å². The second-order valence-electron chi connectivity index (χ2n) is 7.08. The lowest BCUT2D eigenvalue weighted by atomic mass is 10.0. The smallest absolute Gasteiger partial charge is 0.143 e. The van der Waals surface area contributed by atoms with Gasteiger partial charge in [0.1, 0.15) is 18.2 Å². The first-order valence-electron chi connectivity index (χ1n) is 9.27. The number of benzene rings is 3. The van der Waals surface area contributed by atoms with E-state index in [-0.39, 0.29) is 30.1 Å². The van der Waals surface area contributed by atoms with Crippen LogP contribution in [0.25, 0.3) is 0 Å². The van der Waals surface area contributed by atoms with E-state index in [9.17, 15) is 8.78 Å². The minimum Gasteiger partial charge on any atom is -0.391 e. The first-order valence-corrected chi connectivity index (χ1v) is 10.4. The number of oxime groups is 1. The molecule has 3 aromatic carbocycles. The lowest BCUT2D eigenvalue weighted by Gasteiger charge is -2.10. The molecule has 0 N–H and O–H groups in total. The van der Waals surface area contributed by atoms with Crippen LogP contribution in [0.4, 0.5) is 8.78 Å². The molecule has 2 atom stereocenters. The van der Waals surface area contributed by atoms with E-state index in [4.69, 9.17) is 39.6 Å². The number of rotatable bonds is 6. The third-order valence-electron chi connectivity index (χ3n) is 5.05. The second kappa shape index (κ2) is 8.93. The van der Waals surface area contributed by atoms with Gasteiger partial charge in [0, 0.05) is 32.1 Å². The molecule has 1 aliphatic rings. The summed E-state index contributed by atoms with van der Waals surface area (Å²) in [6.45, 7) is 0.137. The first-order chi connectivity index (χ1) is 14.4. The summed E-state index contributed by atoms with van der Waals surface area (Å²) < 4.78 is 27.8. The van der Waals surface area contributed by atoms with Gasteiger partial charge < -0.3 is 4.84 Å². The van der Waals surface area contributed by atoms with E-state index < -0.39 is 0 Å². The maximum absolute atomic E-state index is 14.4. The number of hydrogen-bond acceptors (Lipinski definition) is 2. The fraction of sp³-hybridized carbons (Fsp3) is 0.174. The second-order valence-corrected chi connectivity index (χ2v) is 8.33. The molecule has 0 aliphatic heterocycles. The molecule has 2 nitrogen and oxygen atoms in total. The fourth-order valence-corrected chi connectivity index (χ4v) is 4.21. The van der Waals surface area contributed by atoms with Crippen LogP contribution in [0, 0.1) is 17.6 Å². The van der Waals surface area contributed by atoms with Crippen LogP contribution in [0.3, 0.4) is 0 Å². The Bertz CT molecular complexity index is 1080. The maximum atomic E-state index is 14.4. The van der Waals surface area contributed by atoms with Crippen LogP contribution in [-0.2, 0) is 11.4 Å². The highest BCUT2D eigenvalue weighted by Gasteiger charge is 2.45. The largest absolute Gasteiger partial charge is 0.391 e. The molecule has 30 heavy (non-hydrogen) atoms. The summed E-state index contributed by atoms with van der Waals surface area (Å²) in [4.78, 5) is 5.57. The van der Waals surface area contributed by atoms with Gasteiger partial charge in [-0.05, 0) is 54.3 Å². The Morgan fingerprint density at radius 3 is 2.43 bits per heavy atom. The number of hydrogen-bond donors (Lipinski definition) is 0. The van der Waals surface area contributed by atoms with Crippen LogP contribution in [0.5, 0.6) is 0 Å². The Morgan fingerprint density at radius 1 is 0.967 bits per heavy atom. The van der Waals surface area contributed by atoms with E-state index in [1.54, 1.807) is 42.5 Å². The zero-order valence-corrected chi connectivity index (χ0v) is 17.9. The highest BCUT2D eigenvalue weighted by atomic mass is 35.5. The Balaban J connectivity index is 1.59. The average Bonchev–Trinajstić information content (AvgIpc) is 3.47. The summed E-state index contributed by atoms with van der Waals surface area (Å²) in [5.74, 6) is -0.908. The quantitative estimate of drug-likeness (QED) is 0.270. The van der Waals surface area contributed by atoms with Gasteiger partial charge in [0.2, 0.25) is 0 Å². The molecule has 154 valence electrons. The predicted octanol–water partition coefficient (Wildman–Crippen LogP) is 7.65. The van der Waals surface area contributed by atoms with Crippen molar-refractivity contribution in [3.63, 3.8) is 0 Å². The van der Waals surface area contributed by atoms with Crippen molar-refractivity contribution >= 4 is 40.5 Å². The molecule has 0 saturated heterocycles. The zero-order valence-electron chi connectivity index (χ0n) is 15.6. The van der Waals surface area contributed by atoms with Crippen molar-refractivity contribution in [2.24, 2.45) is 11.1 Å². The molecular weight excluding hydrogens is 451 g/mol. The standard InChI is InChI=1S/C23H16Cl3F2NO/c24-15-7-4-14(20(26)10-15)12-30-29-23(13-5-8-16(27)9-6-13)18-11-17(18)22-19(25)2-1-3-21(22)28/h1-10,17-18H,11-12H2/b29-23+. The highest BCUT2D eigenvalue weighted by molar-refractivity contribution is 6.35. The van der Waals surface area contributed by atoms with Crippen molar-refractivity contribution < 1.29 is 13.6 Å². The Kier molecular flexibility index (Phi) is 6.28. The van der Waals surface area contributed by atoms with Gasteiger partial charge in [-0.1, -0.05) is 64.2 Å². The van der Waals surface area contributed by atoms with Crippen molar-refractivity contribution in [2.75, 3.05) is 0 Å². The summed E-state index contributed by atoms with van der Waals surface area (Å²) in [6, 6.07) is 15.7. The Hall–Kier alpha value is -2.14. The highest BCUT2D eigenvalue weighted by Crippen LogP contribution is 2.52. The zero-order chi connectivity index (χ0) is 21.3. The summed E-state index contributed by atoms with van der Waals surface area (Å²) in [6.07, 6.45) is 0.669. The van der Waals surface area contributed by atoms with Gasteiger partial charge in [0.05, 0.1) is 5.71 Å². The Morgan fingerprint density at radius 2 is 1.73 bits per heavy atom. The van der Waals surface area contributed by atoms with Crippen molar-refractivity contribution in [1.29, 1.82) is 0 Å². The van der Waals surface area contributed by atoms with Gasteiger partial charge in [-0.2, -0.15) is 0 Å². The van der Waals surface area contributed by atoms with Gasteiger partial charge in [-0.25, -0.2) is 8.78 Å². The van der Waals surface area contributed by atoms with Crippen LogP contribution in [0.1, 0.15) is 29.0 Å². The van der Waals surface area contributed by atoms with Crippen molar-refractivity contribution in [3.05, 3.63) is 104 Å². The topological polar surface area (TPSA) is 21.6 Å². The van der Waals surface area contributed by atoms with Crippen LogP contribution in [0.15, 0.2) is 65.8 Å². The van der Waals surface area contributed by atoms with Gasteiger partial charge in [-0.15, -0.1) is 0 Å². The minimum absolute atomic E-state index is 0.0921. The van der Waals surface area contributed by atoms with Crippen molar-refractivity contribution in [1.82, 2.24) is 0 Å². The van der Waals surface area contributed by atoms with E-state index in [1.165, 1.54) is 18.2 Å². The number of halogens is 5. The molecule has 0 aromatic heterocycles. The van der Waals surface area contributed by atoms with Gasteiger partial charge in [0.25, 0.3) is 0 Å². The molecule has 0 spiro atoms. The van der Waals surface area contributed by atoms with E-state index in [2.05, 4.69) is 5.16 Å². The van der Waals surface area contributed by atoms with Crippen molar-refractivity contribution in [2.45, 2.75) is 18.9 Å². The average molecular weight is 467 g/mol. The third kappa shape index (κ3) is 4.61. The lowest BCUT2D eigenvalue weighted by molar-refractivity contribution is 0.130. The molecule has 0 bridgehead atoms. The third-order valence-corrected chi connectivity index (χ3v) is 5.97. The predicted molar refractivity (Wildman–Crippen MR) is 116 cm³/mol. The van der Waals surface area contributed by atoms with E-state index in [0.717, 1.165) is 5.56 Å². The summed E-state index contributed by atoms with van der Waals surface area (Å²) in [7, 11) is 0. The number of nitrogens with zero attached hydrogens (tertiary/aromatic N) is 1. The van der Waals surface area contributed by atoms with Crippen LogP contribution in [0.2, 0.25) is 15.1 Å². The fourth-order valence-electron chi connectivity index (χ4n) is 3.45. The van der Waals surface area contributed by atoms with Gasteiger partial charge in [0.15, 0.2) is 0 Å². The van der Waals surface area contributed by atoms with Gasteiger partial charge >= 0.3 is 0 Å². The molecule has 1 saturated carbocycles. The maximum Gasteiger partial charge on any atom is 0.143 e. The normalized spacial score (nSPS) is 18.4. The molecular formula is C23H16Cl3F2NO. The van der Waals surface area contributed by atoms with Crippen LogP contribution in [-0.4, -0.2) is 5.71 Å². The molecule has 1 fully saturated rings. The summed E-state index contributed by atoms with van der Waals surface area (Å²) in [5.41, 5.74) is 2.52. The SMILES string of the molecule is Fc1ccc(/C(=N\OCc2ccc(Cl)cc2Cl)C2CC2c2c(F)cccc2Cl)cc1. The molecule has 0 radical (unpaired) electrons. The summed E-state index contributed by atoms with van der Waals surface area (Å²) >= 11 is 18.3. The van der Waals surface area contributed by atoms with Gasteiger partial charge in [-0.3, -0.25) is 0 Å². The monoisotopic (exact) mass is 465 g/mol. The first kappa shape index (κ1) is 21.1. The molecule has 4 rings (SSSR count). The van der Waals surface area contributed by atoms with E-state index >= 15 is 0 Å². The molecule has 1 aliphatic carbocycles. The van der Waals surface area contributed by atoms with Crippen LogP contribution >= 0.6 is 34.8 Å². The molecule has 0 amide bonds. The molecule has 7 heteroatoms. The van der Waals surface area contributed by atoms with Crippen molar-refractivity contribution in [3.8, 4) is 0 Å². The Labute approximate surface area is 188 Å². The molecule has 3 aromatic rings. The summed E-state index contributed by atoms with van der Waals surface area (Å²) in [5, 5.41) is 5.71. The minimum atomic E-state index is -0.351. The van der Waals surface area contributed by atoms with E-state index in [1.807, 2.05) is 0 Å². The van der Waals surface area contributed by atoms with E-state index in [0.29, 0.717) is 38.3 Å². The molecule has 2 unspecified atom stereocenters. The lowest BCUT2D eigenvalue weighted by Crippen LogP contribution is -2.07. The molecule has 0 heterocycles.